The fourth-order valence-electron chi connectivity index (χ4n) is 2.37. The highest BCUT2D eigenvalue weighted by Gasteiger charge is 2.25. The average molecular weight is 343 g/mol. The molecular formula is C17H11ClN2O4. The lowest BCUT2D eigenvalue weighted by Crippen LogP contribution is -2.05. The van der Waals surface area contributed by atoms with E-state index < -0.39 is 10.7 Å². The number of benzene rings is 2. The Hall–Kier alpha value is -2.99. The van der Waals surface area contributed by atoms with Crippen LogP contribution < -0.4 is 0 Å². The predicted octanol–water partition coefficient (Wildman–Crippen LogP) is 4.44. The van der Waals surface area contributed by atoms with E-state index in [1.54, 1.807) is 6.92 Å². The molecule has 1 heterocycles. The monoisotopic (exact) mass is 342 g/mol. The molecule has 0 saturated heterocycles. The fraction of sp³-hybridized carbons (Fsp3) is 0.0588. The van der Waals surface area contributed by atoms with Crippen molar-refractivity contribution in [2.24, 2.45) is 0 Å². The van der Waals surface area contributed by atoms with Crippen molar-refractivity contribution >= 4 is 23.1 Å². The maximum absolute atomic E-state index is 12.9. The number of rotatable bonds is 4. The topological polar surface area (TPSA) is 86.2 Å². The van der Waals surface area contributed by atoms with Crippen LogP contribution in [0.5, 0.6) is 0 Å². The summed E-state index contributed by atoms with van der Waals surface area (Å²) >= 11 is 6.06. The third-order valence-electron chi connectivity index (χ3n) is 3.55. The Balaban J connectivity index is 2.09. The number of non-ortho nitro benzene ring substituents is 1. The third-order valence-corrected chi connectivity index (χ3v) is 3.86. The second-order valence-corrected chi connectivity index (χ2v) is 5.49. The highest BCUT2D eigenvalue weighted by atomic mass is 35.5. The quantitative estimate of drug-likeness (QED) is 0.397. The maximum atomic E-state index is 12.9. The minimum atomic E-state index is -0.569. The number of carbonyl (C=O) groups excluding carboxylic acids is 1. The fourth-order valence-corrected chi connectivity index (χ4v) is 2.63. The molecule has 0 fully saturated rings. The van der Waals surface area contributed by atoms with E-state index in [2.05, 4.69) is 5.16 Å². The molecule has 0 aliphatic carbocycles. The molecule has 0 bridgehead atoms. The van der Waals surface area contributed by atoms with Gasteiger partial charge in [-0.3, -0.25) is 14.9 Å². The molecule has 120 valence electrons. The summed E-state index contributed by atoms with van der Waals surface area (Å²) in [4.78, 5) is 23.1. The van der Waals surface area contributed by atoms with Gasteiger partial charge in [0.05, 0.1) is 15.5 Å². The Morgan fingerprint density at radius 2 is 1.92 bits per heavy atom. The lowest BCUT2D eigenvalue weighted by molar-refractivity contribution is -0.384. The molecule has 0 N–H and O–H groups in total. The second-order valence-electron chi connectivity index (χ2n) is 5.08. The van der Waals surface area contributed by atoms with Gasteiger partial charge in [-0.15, -0.1) is 0 Å². The van der Waals surface area contributed by atoms with E-state index in [0.717, 1.165) is 11.6 Å². The van der Waals surface area contributed by atoms with Crippen LogP contribution in [0, 0.1) is 17.0 Å². The molecule has 0 aliphatic rings. The van der Waals surface area contributed by atoms with Crippen molar-refractivity contribution in [1.29, 1.82) is 0 Å². The van der Waals surface area contributed by atoms with Gasteiger partial charge >= 0.3 is 0 Å². The molecule has 3 rings (SSSR count). The van der Waals surface area contributed by atoms with Gasteiger partial charge in [-0.2, -0.15) is 0 Å². The summed E-state index contributed by atoms with van der Waals surface area (Å²) in [6, 6.07) is 12.9. The predicted molar refractivity (Wildman–Crippen MR) is 88.2 cm³/mol. The number of aromatic nitrogens is 1. The molecule has 3 aromatic rings. The molecule has 0 radical (unpaired) electrons. The van der Waals surface area contributed by atoms with E-state index in [-0.39, 0.29) is 21.8 Å². The van der Waals surface area contributed by atoms with Crippen LogP contribution >= 0.6 is 11.6 Å². The van der Waals surface area contributed by atoms with Crippen molar-refractivity contribution in [2.45, 2.75) is 6.92 Å². The van der Waals surface area contributed by atoms with Crippen LogP contribution in [0.3, 0.4) is 0 Å². The smallest absolute Gasteiger partial charge is 0.270 e. The first kappa shape index (κ1) is 15.9. The van der Waals surface area contributed by atoms with Crippen LogP contribution in [-0.4, -0.2) is 15.9 Å². The van der Waals surface area contributed by atoms with Gasteiger partial charge in [-0.1, -0.05) is 47.1 Å². The van der Waals surface area contributed by atoms with Gasteiger partial charge in [-0.05, 0) is 13.0 Å². The van der Waals surface area contributed by atoms with Crippen LogP contribution in [-0.2, 0) is 0 Å². The molecular weight excluding hydrogens is 332 g/mol. The van der Waals surface area contributed by atoms with Crippen molar-refractivity contribution in [3.8, 4) is 11.3 Å². The molecule has 0 amide bonds. The van der Waals surface area contributed by atoms with Gasteiger partial charge in [-0.25, -0.2) is 0 Å². The van der Waals surface area contributed by atoms with E-state index in [1.807, 2.05) is 30.3 Å². The third kappa shape index (κ3) is 2.79. The highest BCUT2D eigenvalue weighted by Crippen LogP contribution is 2.30. The van der Waals surface area contributed by atoms with E-state index >= 15 is 0 Å². The Morgan fingerprint density at radius 1 is 1.21 bits per heavy atom. The van der Waals surface area contributed by atoms with Crippen LogP contribution in [0.4, 0.5) is 5.69 Å². The SMILES string of the molecule is Cc1onc(-c2ccccc2)c1C(=O)c1ccc([N+](=O)[O-])cc1Cl. The van der Waals surface area contributed by atoms with Crippen LogP contribution in [0.2, 0.25) is 5.02 Å². The van der Waals surface area contributed by atoms with Gasteiger partial charge in [0.15, 0.2) is 5.78 Å². The number of hydrogen-bond acceptors (Lipinski definition) is 5. The minimum absolute atomic E-state index is 0.00816. The standard InChI is InChI=1S/C17H11ClN2O4/c1-10-15(16(19-24-10)11-5-3-2-4-6-11)17(21)13-8-7-12(20(22)23)9-14(13)18/h2-9H,1H3. The number of ketones is 1. The Bertz CT molecular complexity index is 935. The first-order valence-corrected chi connectivity index (χ1v) is 7.37. The molecule has 0 spiro atoms. The zero-order chi connectivity index (χ0) is 17.3. The Kier molecular flexibility index (Phi) is 4.14. The van der Waals surface area contributed by atoms with Gasteiger partial charge in [0.2, 0.25) is 0 Å². The zero-order valence-electron chi connectivity index (χ0n) is 12.5. The lowest BCUT2D eigenvalue weighted by atomic mass is 9.98. The largest absolute Gasteiger partial charge is 0.360 e. The van der Waals surface area contributed by atoms with Crippen molar-refractivity contribution in [3.63, 3.8) is 0 Å². The number of hydrogen-bond donors (Lipinski definition) is 0. The minimum Gasteiger partial charge on any atom is -0.360 e. The second kappa shape index (κ2) is 6.25. The maximum Gasteiger partial charge on any atom is 0.270 e. The Labute approximate surface area is 141 Å². The molecule has 7 heteroatoms. The number of halogens is 1. The average Bonchev–Trinajstić information content (AvgIpc) is 2.96. The molecule has 1 aromatic heterocycles. The number of aryl methyl sites for hydroxylation is 1. The molecule has 0 atom stereocenters. The van der Waals surface area contributed by atoms with Crippen molar-refractivity contribution in [3.05, 3.63) is 80.6 Å². The molecule has 0 aliphatic heterocycles. The number of nitro benzene ring substituents is 1. The molecule has 0 unspecified atom stereocenters. The van der Waals surface area contributed by atoms with E-state index in [4.69, 9.17) is 16.1 Å². The molecule has 6 nitrogen and oxygen atoms in total. The van der Waals surface area contributed by atoms with E-state index in [0.29, 0.717) is 11.5 Å². The van der Waals surface area contributed by atoms with Gasteiger partial charge in [0.25, 0.3) is 5.69 Å². The van der Waals surface area contributed by atoms with Gasteiger partial charge in [0.1, 0.15) is 11.5 Å². The van der Waals surface area contributed by atoms with Crippen molar-refractivity contribution in [1.82, 2.24) is 5.16 Å². The van der Waals surface area contributed by atoms with Gasteiger partial charge in [0, 0.05) is 23.3 Å². The normalized spacial score (nSPS) is 10.6. The first-order valence-electron chi connectivity index (χ1n) is 6.99. The molecule has 2 aromatic carbocycles. The van der Waals surface area contributed by atoms with Crippen LogP contribution in [0.15, 0.2) is 53.1 Å². The number of carbonyl (C=O) groups is 1. The summed E-state index contributed by atoms with van der Waals surface area (Å²) in [5.74, 6) is -0.0410. The summed E-state index contributed by atoms with van der Waals surface area (Å²) < 4.78 is 5.17. The Morgan fingerprint density at radius 3 is 2.54 bits per heavy atom. The summed E-state index contributed by atoms with van der Waals surface area (Å²) in [6.45, 7) is 1.63. The van der Waals surface area contributed by atoms with E-state index in [9.17, 15) is 14.9 Å². The summed E-state index contributed by atoms with van der Waals surface area (Å²) in [5, 5.41) is 14.8. The summed E-state index contributed by atoms with van der Waals surface area (Å²) in [7, 11) is 0. The van der Waals surface area contributed by atoms with Crippen molar-refractivity contribution in [2.75, 3.05) is 0 Å². The molecule has 0 saturated carbocycles. The summed E-state index contributed by atoms with van der Waals surface area (Å²) in [5.41, 5.74) is 1.41. The van der Waals surface area contributed by atoms with Crippen LogP contribution in [0.25, 0.3) is 11.3 Å². The first-order chi connectivity index (χ1) is 11.5. The van der Waals surface area contributed by atoms with Crippen molar-refractivity contribution < 1.29 is 14.2 Å². The van der Waals surface area contributed by atoms with E-state index in [1.165, 1.54) is 12.1 Å². The number of nitro groups is 1. The zero-order valence-corrected chi connectivity index (χ0v) is 13.3. The summed E-state index contributed by atoms with van der Waals surface area (Å²) in [6.07, 6.45) is 0. The highest BCUT2D eigenvalue weighted by molar-refractivity contribution is 6.35. The number of nitrogens with zero attached hydrogens (tertiary/aromatic N) is 2. The molecule has 24 heavy (non-hydrogen) atoms. The van der Waals surface area contributed by atoms with Crippen LogP contribution in [0.1, 0.15) is 21.7 Å². The van der Waals surface area contributed by atoms with Gasteiger partial charge < -0.3 is 4.52 Å². The lowest BCUT2D eigenvalue weighted by Gasteiger charge is -2.05.